The molecular formula is C13H22N2O. The minimum absolute atomic E-state index is 0.311. The molecule has 3 heteroatoms. The van der Waals surface area contributed by atoms with Crippen LogP contribution in [0.5, 0.6) is 0 Å². The van der Waals surface area contributed by atoms with E-state index in [1.165, 1.54) is 7.11 Å². The fourth-order valence-corrected chi connectivity index (χ4v) is 1.59. The van der Waals surface area contributed by atoms with Crippen LogP contribution in [0.3, 0.4) is 0 Å². The zero-order valence-electron chi connectivity index (χ0n) is 10.7. The van der Waals surface area contributed by atoms with Crippen LogP contribution in [0.25, 0.3) is 0 Å². The zero-order valence-corrected chi connectivity index (χ0v) is 10.7. The quantitative estimate of drug-likeness (QED) is 0.427. The maximum atomic E-state index is 9.10. The molecule has 0 saturated heterocycles. The molecule has 0 bridgehead atoms. The van der Waals surface area contributed by atoms with Gasteiger partial charge in [-0.1, -0.05) is 20.8 Å². The molecule has 0 radical (unpaired) electrons. The van der Waals surface area contributed by atoms with E-state index in [1.54, 1.807) is 12.2 Å². The average molecular weight is 222 g/mol. The first-order valence-corrected chi connectivity index (χ1v) is 5.66. The molecule has 0 fully saturated rings. The molecule has 0 saturated carbocycles. The standard InChI is InChI=1S/C13H22N2O/c1-5-11(8-10(2)3)12(9-14)6-7-13(15)16-4/h6-7,10-11H,5,8,15H2,1-4H3/b12-6-,13-7+. The van der Waals surface area contributed by atoms with Crippen molar-refractivity contribution in [1.82, 2.24) is 0 Å². The number of ether oxygens (including phenoxy) is 1. The van der Waals surface area contributed by atoms with E-state index in [2.05, 4.69) is 26.8 Å². The molecule has 0 aliphatic rings. The van der Waals surface area contributed by atoms with Crippen LogP contribution in [-0.2, 0) is 4.74 Å². The number of hydrogen-bond acceptors (Lipinski definition) is 3. The number of hydrogen-bond donors (Lipinski definition) is 1. The maximum absolute atomic E-state index is 9.10. The molecule has 0 amide bonds. The van der Waals surface area contributed by atoms with Crippen molar-refractivity contribution >= 4 is 0 Å². The molecule has 2 N–H and O–H groups in total. The second kappa shape index (κ2) is 7.81. The van der Waals surface area contributed by atoms with Gasteiger partial charge in [0.1, 0.15) is 0 Å². The fraction of sp³-hybridized carbons (Fsp3) is 0.615. The molecule has 0 aromatic rings. The van der Waals surface area contributed by atoms with Gasteiger partial charge in [0.05, 0.1) is 13.2 Å². The van der Waals surface area contributed by atoms with Crippen molar-refractivity contribution < 1.29 is 4.74 Å². The number of methoxy groups -OCH3 is 1. The van der Waals surface area contributed by atoms with Crippen molar-refractivity contribution in [2.24, 2.45) is 17.6 Å². The van der Waals surface area contributed by atoms with Crippen LogP contribution >= 0.6 is 0 Å². The Bertz CT molecular complexity index is 298. The van der Waals surface area contributed by atoms with E-state index in [9.17, 15) is 0 Å². The van der Waals surface area contributed by atoms with Gasteiger partial charge < -0.3 is 10.5 Å². The highest BCUT2D eigenvalue weighted by atomic mass is 16.5. The third-order valence-electron chi connectivity index (χ3n) is 2.48. The van der Waals surface area contributed by atoms with Crippen LogP contribution in [0.15, 0.2) is 23.6 Å². The van der Waals surface area contributed by atoms with Crippen LogP contribution in [0.4, 0.5) is 0 Å². The van der Waals surface area contributed by atoms with Gasteiger partial charge in [-0.15, -0.1) is 0 Å². The molecule has 0 heterocycles. The minimum Gasteiger partial charge on any atom is -0.483 e. The summed E-state index contributed by atoms with van der Waals surface area (Å²) in [6, 6.07) is 2.24. The van der Waals surface area contributed by atoms with Gasteiger partial charge in [-0.25, -0.2) is 0 Å². The molecule has 3 nitrogen and oxygen atoms in total. The predicted molar refractivity (Wildman–Crippen MR) is 66.2 cm³/mol. The lowest BCUT2D eigenvalue weighted by molar-refractivity contribution is 0.287. The first-order valence-electron chi connectivity index (χ1n) is 5.66. The normalized spacial score (nSPS) is 14.8. The molecule has 0 aromatic heterocycles. The second-order valence-corrected chi connectivity index (χ2v) is 4.24. The second-order valence-electron chi connectivity index (χ2n) is 4.24. The highest BCUT2D eigenvalue weighted by molar-refractivity contribution is 5.28. The van der Waals surface area contributed by atoms with Gasteiger partial charge in [-0.2, -0.15) is 5.26 Å². The first-order chi connectivity index (χ1) is 7.54. The lowest BCUT2D eigenvalue weighted by Gasteiger charge is -2.15. The van der Waals surface area contributed by atoms with Gasteiger partial charge in [0.25, 0.3) is 0 Å². The molecule has 0 rings (SSSR count). The number of nitrogens with zero attached hydrogens (tertiary/aromatic N) is 1. The third-order valence-corrected chi connectivity index (χ3v) is 2.48. The van der Waals surface area contributed by atoms with E-state index in [4.69, 9.17) is 15.7 Å². The lowest BCUT2D eigenvalue weighted by atomic mass is 9.88. The topological polar surface area (TPSA) is 59.0 Å². The molecule has 16 heavy (non-hydrogen) atoms. The van der Waals surface area contributed by atoms with Crippen molar-refractivity contribution in [3.8, 4) is 6.07 Å². The largest absolute Gasteiger partial charge is 0.483 e. The Hall–Kier alpha value is -1.43. The SMILES string of the molecule is CCC(CC(C)C)/C(C#N)=C\C=C(/N)OC. The van der Waals surface area contributed by atoms with Crippen molar-refractivity contribution in [3.05, 3.63) is 23.6 Å². The summed E-state index contributed by atoms with van der Waals surface area (Å²) in [4.78, 5) is 0. The smallest absolute Gasteiger partial charge is 0.183 e. The Balaban J connectivity index is 4.75. The van der Waals surface area contributed by atoms with Gasteiger partial charge in [-0.3, -0.25) is 0 Å². The number of nitriles is 1. The summed E-state index contributed by atoms with van der Waals surface area (Å²) < 4.78 is 4.82. The zero-order chi connectivity index (χ0) is 12.6. The molecular weight excluding hydrogens is 200 g/mol. The molecule has 0 aromatic carbocycles. The van der Waals surface area contributed by atoms with Crippen LogP contribution in [0.1, 0.15) is 33.6 Å². The lowest BCUT2D eigenvalue weighted by Crippen LogP contribution is -2.06. The van der Waals surface area contributed by atoms with Gasteiger partial charge in [-0.05, 0) is 36.8 Å². The number of allylic oxidation sites excluding steroid dienone is 3. The van der Waals surface area contributed by atoms with E-state index in [1.807, 2.05) is 0 Å². The molecule has 1 atom stereocenters. The predicted octanol–water partition coefficient (Wildman–Crippen LogP) is 2.96. The van der Waals surface area contributed by atoms with Crippen molar-refractivity contribution in [1.29, 1.82) is 5.26 Å². The van der Waals surface area contributed by atoms with Gasteiger partial charge in [0, 0.05) is 5.57 Å². The highest BCUT2D eigenvalue weighted by Crippen LogP contribution is 2.23. The summed E-state index contributed by atoms with van der Waals surface area (Å²) in [6.45, 7) is 6.43. The van der Waals surface area contributed by atoms with Crippen LogP contribution in [0, 0.1) is 23.2 Å². The molecule has 1 unspecified atom stereocenters. The summed E-state index contributed by atoms with van der Waals surface area (Å²) in [5, 5.41) is 9.10. The Labute approximate surface area is 98.6 Å². The van der Waals surface area contributed by atoms with E-state index >= 15 is 0 Å². The third kappa shape index (κ3) is 5.45. The van der Waals surface area contributed by atoms with E-state index in [0.29, 0.717) is 17.7 Å². The Morgan fingerprint density at radius 2 is 2.06 bits per heavy atom. The van der Waals surface area contributed by atoms with Crippen molar-refractivity contribution in [2.75, 3.05) is 7.11 Å². The summed E-state index contributed by atoms with van der Waals surface area (Å²) in [5.41, 5.74) is 6.28. The Morgan fingerprint density at radius 3 is 2.44 bits per heavy atom. The minimum atomic E-state index is 0.311. The van der Waals surface area contributed by atoms with E-state index in [0.717, 1.165) is 18.4 Å². The van der Waals surface area contributed by atoms with Crippen LogP contribution < -0.4 is 5.73 Å². The van der Waals surface area contributed by atoms with Crippen molar-refractivity contribution in [3.63, 3.8) is 0 Å². The van der Waals surface area contributed by atoms with Gasteiger partial charge >= 0.3 is 0 Å². The fourth-order valence-electron chi connectivity index (χ4n) is 1.59. The monoisotopic (exact) mass is 222 g/mol. The molecule has 90 valence electrons. The summed E-state index contributed by atoms with van der Waals surface area (Å²) in [6.07, 6.45) is 5.39. The summed E-state index contributed by atoms with van der Waals surface area (Å²) in [5.74, 6) is 1.23. The summed E-state index contributed by atoms with van der Waals surface area (Å²) >= 11 is 0. The first kappa shape index (κ1) is 14.6. The van der Waals surface area contributed by atoms with E-state index < -0.39 is 0 Å². The number of rotatable bonds is 6. The molecule has 0 aliphatic heterocycles. The Kier molecular flexibility index (Phi) is 7.11. The molecule has 0 spiro atoms. The van der Waals surface area contributed by atoms with E-state index in [-0.39, 0.29) is 0 Å². The maximum Gasteiger partial charge on any atom is 0.183 e. The van der Waals surface area contributed by atoms with Crippen LogP contribution in [-0.4, -0.2) is 7.11 Å². The average Bonchev–Trinajstić information content (AvgIpc) is 2.27. The number of nitrogens with two attached hydrogens (primary N) is 1. The van der Waals surface area contributed by atoms with Gasteiger partial charge in [0.15, 0.2) is 5.88 Å². The van der Waals surface area contributed by atoms with Crippen molar-refractivity contribution in [2.45, 2.75) is 33.6 Å². The summed E-state index contributed by atoms with van der Waals surface area (Å²) in [7, 11) is 1.51. The van der Waals surface area contributed by atoms with Crippen LogP contribution in [0.2, 0.25) is 0 Å². The highest BCUT2D eigenvalue weighted by Gasteiger charge is 2.13. The Morgan fingerprint density at radius 1 is 1.44 bits per heavy atom. The van der Waals surface area contributed by atoms with Gasteiger partial charge in [0.2, 0.25) is 0 Å². The molecule has 0 aliphatic carbocycles.